The summed E-state index contributed by atoms with van der Waals surface area (Å²) in [5.74, 6) is 0. The summed E-state index contributed by atoms with van der Waals surface area (Å²) < 4.78 is 0. The number of benzene rings is 12. The maximum Gasteiger partial charge on any atom is 0.113 e. The first-order chi connectivity index (χ1) is 33.0. The Hall–Kier alpha value is -8.10. The van der Waals surface area contributed by atoms with Gasteiger partial charge in [-0.1, -0.05) is 225 Å². The van der Waals surface area contributed by atoms with Gasteiger partial charge in [-0.05, 0) is 160 Å². The van der Waals surface area contributed by atoms with E-state index in [1.54, 1.807) is 0 Å². The number of hydrogen-bond acceptors (Lipinski definition) is 0. The standard InChI is InChI=1S/C66H42Si/c1-67(2)61-36-40(42-19-7-6-18-41(42)39-16-4-3-5-17-39)30-31-47(61)58-37-59-60(38-62(58)67)66(57-35-33-55-46-23-11-9-21-44(46)49-27-15-29-53(57)64(49)55)51-25-13-12-24-50(51)65(59)56-34-32-54-45-22-10-8-20-43(45)48-26-14-28-52(56)63(48)54/h3-38H,1-2H3. The molecule has 0 fully saturated rings. The first-order valence-electron chi connectivity index (χ1n) is 23.7. The highest BCUT2D eigenvalue weighted by molar-refractivity contribution is 7.04. The summed E-state index contributed by atoms with van der Waals surface area (Å²) in [6, 6.07) is 83.1. The van der Waals surface area contributed by atoms with E-state index in [4.69, 9.17) is 0 Å². The Bertz CT molecular complexity index is 4110. The average molecular weight is 863 g/mol. The van der Waals surface area contributed by atoms with E-state index >= 15 is 0 Å². The van der Waals surface area contributed by atoms with E-state index in [-0.39, 0.29) is 0 Å². The molecule has 0 saturated carbocycles. The molecular weight excluding hydrogens is 821 g/mol. The molecule has 0 aromatic heterocycles. The highest BCUT2D eigenvalue weighted by atomic mass is 28.3. The molecule has 15 rings (SSSR count). The molecule has 310 valence electrons. The van der Waals surface area contributed by atoms with Gasteiger partial charge in [0.15, 0.2) is 0 Å². The third kappa shape index (κ3) is 4.96. The second kappa shape index (κ2) is 13.5. The van der Waals surface area contributed by atoms with Crippen molar-refractivity contribution in [2.24, 2.45) is 0 Å². The monoisotopic (exact) mass is 862 g/mol. The van der Waals surface area contributed by atoms with Crippen LogP contribution in [0.5, 0.6) is 0 Å². The van der Waals surface area contributed by atoms with Gasteiger partial charge in [-0.15, -0.1) is 0 Å². The Morgan fingerprint density at radius 3 is 1.16 bits per heavy atom. The summed E-state index contributed by atoms with van der Waals surface area (Å²) in [6.07, 6.45) is 0. The molecule has 0 atom stereocenters. The summed E-state index contributed by atoms with van der Waals surface area (Å²) in [4.78, 5) is 0. The first-order valence-corrected chi connectivity index (χ1v) is 26.7. The van der Waals surface area contributed by atoms with E-state index in [0.717, 1.165) is 0 Å². The molecule has 0 spiro atoms. The van der Waals surface area contributed by atoms with E-state index in [9.17, 15) is 0 Å². The van der Waals surface area contributed by atoms with Crippen LogP contribution in [0.4, 0.5) is 0 Å². The van der Waals surface area contributed by atoms with Gasteiger partial charge in [0.25, 0.3) is 0 Å². The normalized spacial score (nSPS) is 13.3. The minimum Gasteiger partial charge on any atom is -0.0622 e. The van der Waals surface area contributed by atoms with Gasteiger partial charge < -0.3 is 0 Å². The number of rotatable bonds is 4. The number of fused-ring (bicyclic) bond motifs is 11. The van der Waals surface area contributed by atoms with Crippen LogP contribution in [0.3, 0.4) is 0 Å². The topological polar surface area (TPSA) is 0 Å². The van der Waals surface area contributed by atoms with Crippen molar-refractivity contribution in [2.75, 3.05) is 0 Å². The minimum atomic E-state index is -2.24. The zero-order valence-electron chi connectivity index (χ0n) is 37.3. The molecule has 0 amide bonds. The van der Waals surface area contributed by atoms with Gasteiger partial charge in [-0.2, -0.15) is 0 Å². The maximum atomic E-state index is 2.66. The van der Waals surface area contributed by atoms with Crippen LogP contribution in [0.15, 0.2) is 218 Å². The van der Waals surface area contributed by atoms with Crippen LogP contribution < -0.4 is 10.4 Å². The van der Waals surface area contributed by atoms with Gasteiger partial charge >= 0.3 is 0 Å². The van der Waals surface area contributed by atoms with Crippen molar-refractivity contribution < 1.29 is 0 Å². The Kier molecular flexibility index (Phi) is 7.48. The van der Waals surface area contributed by atoms with Crippen molar-refractivity contribution in [3.05, 3.63) is 218 Å². The van der Waals surface area contributed by atoms with Crippen LogP contribution in [0, 0.1) is 0 Å². The Balaban J connectivity index is 1.04. The first kappa shape index (κ1) is 37.2. The van der Waals surface area contributed by atoms with Gasteiger partial charge in [-0.25, -0.2) is 0 Å². The third-order valence-corrected chi connectivity index (χ3v) is 19.3. The fraction of sp³-hybridized carbons (Fsp3) is 0.0303. The Morgan fingerprint density at radius 1 is 0.224 bits per heavy atom. The zero-order chi connectivity index (χ0) is 44.1. The third-order valence-electron chi connectivity index (χ3n) is 15.8. The molecule has 0 saturated heterocycles. The predicted molar refractivity (Wildman–Crippen MR) is 289 cm³/mol. The summed E-state index contributed by atoms with van der Waals surface area (Å²) in [5, 5.41) is 13.6. The molecule has 67 heavy (non-hydrogen) atoms. The van der Waals surface area contributed by atoms with E-state index in [2.05, 4.69) is 231 Å². The molecule has 12 aromatic carbocycles. The fourth-order valence-electron chi connectivity index (χ4n) is 12.8. The molecule has 0 nitrogen and oxygen atoms in total. The van der Waals surface area contributed by atoms with E-state index in [0.29, 0.717) is 0 Å². The van der Waals surface area contributed by atoms with Crippen LogP contribution in [0.2, 0.25) is 13.1 Å². The molecule has 0 bridgehead atoms. The summed E-state index contributed by atoms with van der Waals surface area (Å²) in [7, 11) is -2.24. The summed E-state index contributed by atoms with van der Waals surface area (Å²) in [6.45, 7) is 5.16. The van der Waals surface area contributed by atoms with Gasteiger partial charge in [-0.3, -0.25) is 0 Å². The van der Waals surface area contributed by atoms with Crippen LogP contribution in [0.25, 0.3) is 143 Å². The molecule has 2 aliphatic carbocycles. The Morgan fingerprint density at radius 2 is 0.612 bits per heavy atom. The molecule has 1 aliphatic heterocycles. The zero-order valence-corrected chi connectivity index (χ0v) is 38.3. The Labute approximate surface area is 391 Å². The molecule has 0 radical (unpaired) electrons. The van der Waals surface area contributed by atoms with Crippen molar-refractivity contribution in [1.82, 2.24) is 0 Å². The van der Waals surface area contributed by atoms with Crippen LogP contribution in [0.1, 0.15) is 0 Å². The molecule has 0 unspecified atom stereocenters. The summed E-state index contributed by atoms with van der Waals surface area (Å²) >= 11 is 0. The van der Waals surface area contributed by atoms with E-state index < -0.39 is 8.07 Å². The van der Waals surface area contributed by atoms with Gasteiger partial charge in [0, 0.05) is 0 Å². The smallest absolute Gasteiger partial charge is 0.0622 e. The van der Waals surface area contributed by atoms with Gasteiger partial charge in [0.05, 0.1) is 0 Å². The van der Waals surface area contributed by atoms with Crippen molar-refractivity contribution in [1.29, 1.82) is 0 Å². The van der Waals surface area contributed by atoms with Crippen LogP contribution >= 0.6 is 0 Å². The lowest BCUT2D eigenvalue weighted by Gasteiger charge is -2.23. The highest BCUT2D eigenvalue weighted by Crippen LogP contribution is 2.55. The number of hydrogen-bond donors (Lipinski definition) is 0. The van der Waals surface area contributed by atoms with Crippen LogP contribution in [-0.2, 0) is 0 Å². The molecule has 12 aromatic rings. The maximum absolute atomic E-state index is 2.66. The summed E-state index contributed by atoms with van der Waals surface area (Å²) in [5.41, 5.74) is 23.7. The lowest BCUT2D eigenvalue weighted by atomic mass is 9.82. The highest BCUT2D eigenvalue weighted by Gasteiger charge is 2.39. The largest absolute Gasteiger partial charge is 0.113 e. The van der Waals surface area contributed by atoms with Gasteiger partial charge in [0.1, 0.15) is 8.07 Å². The lowest BCUT2D eigenvalue weighted by molar-refractivity contribution is 1.59. The molecule has 3 aliphatic rings. The van der Waals surface area contributed by atoms with Crippen molar-refractivity contribution in [3.8, 4) is 100 Å². The lowest BCUT2D eigenvalue weighted by Crippen LogP contribution is -2.49. The van der Waals surface area contributed by atoms with Crippen molar-refractivity contribution in [2.45, 2.75) is 13.1 Å². The quantitative estimate of drug-likeness (QED) is 0.122. The van der Waals surface area contributed by atoms with E-state index in [1.165, 1.54) is 154 Å². The SMILES string of the molecule is C[Si]1(C)c2cc(-c3ccccc3-c3ccccc3)ccc2-c2cc3c(-c4ccc5c6c(cccc46)-c4ccccc4-5)c4ccccc4c(-c4ccc5c6c(cccc46)-c4ccccc4-5)c3cc21. The molecule has 1 heterocycles. The molecule has 0 N–H and O–H groups in total. The van der Waals surface area contributed by atoms with E-state index in [1.807, 2.05) is 0 Å². The van der Waals surface area contributed by atoms with Crippen molar-refractivity contribution in [3.63, 3.8) is 0 Å². The molecule has 1 heteroatoms. The molecular formula is C66H42Si. The predicted octanol–water partition coefficient (Wildman–Crippen LogP) is 17.1. The van der Waals surface area contributed by atoms with Gasteiger partial charge in [0.2, 0.25) is 0 Å². The van der Waals surface area contributed by atoms with Crippen molar-refractivity contribution >= 4 is 61.5 Å². The minimum absolute atomic E-state index is 1.25. The second-order valence-electron chi connectivity index (χ2n) is 19.4. The fourth-order valence-corrected chi connectivity index (χ4v) is 15.9. The second-order valence-corrected chi connectivity index (χ2v) is 23.7. The average Bonchev–Trinajstić information content (AvgIpc) is 3.97. The van der Waals surface area contributed by atoms with Crippen LogP contribution in [-0.4, -0.2) is 8.07 Å².